The van der Waals surface area contributed by atoms with Crippen molar-refractivity contribution in [1.82, 2.24) is 14.9 Å². The van der Waals surface area contributed by atoms with Crippen LogP contribution in [0.25, 0.3) is 0 Å². The van der Waals surface area contributed by atoms with Crippen LogP contribution in [0, 0.1) is 0 Å². The first-order valence-electron chi connectivity index (χ1n) is 7.45. The fraction of sp³-hybridized carbons (Fsp3) is 0.667. The molecule has 1 aliphatic rings. The fourth-order valence-corrected chi connectivity index (χ4v) is 2.61. The van der Waals surface area contributed by atoms with Gasteiger partial charge in [-0.2, -0.15) is 0 Å². The predicted octanol–water partition coefficient (Wildman–Crippen LogP) is 2.97. The summed E-state index contributed by atoms with van der Waals surface area (Å²) in [5.74, 6) is 0.802. The van der Waals surface area contributed by atoms with Crippen LogP contribution in [0.15, 0.2) is 12.3 Å². The topological polar surface area (TPSA) is 58.6 Å². The zero-order valence-corrected chi connectivity index (χ0v) is 14.3. The third-order valence-electron chi connectivity index (χ3n) is 3.64. The van der Waals surface area contributed by atoms with Crippen LogP contribution in [0.1, 0.15) is 33.6 Å². The number of hydrogen-bond acceptors (Lipinski definition) is 5. The highest BCUT2D eigenvalue weighted by Gasteiger charge is 2.28. The maximum absolute atomic E-state index is 12.1. The van der Waals surface area contributed by atoms with Crippen molar-refractivity contribution in [2.75, 3.05) is 25.0 Å². The number of carbonyl (C=O) groups is 1. The van der Waals surface area contributed by atoms with E-state index in [0.717, 1.165) is 18.7 Å². The maximum Gasteiger partial charge on any atom is 0.410 e. The Morgan fingerprint density at radius 1 is 1.41 bits per heavy atom. The third kappa shape index (κ3) is 4.47. The molecule has 0 radical (unpaired) electrons. The van der Waals surface area contributed by atoms with Gasteiger partial charge in [0.2, 0.25) is 5.28 Å². The first kappa shape index (κ1) is 16.8. The van der Waals surface area contributed by atoms with Crippen LogP contribution in [0.5, 0.6) is 0 Å². The fourth-order valence-electron chi connectivity index (χ4n) is 2.47. The molecular weight excluding hydrogens is 304 g/mol. The lowest BCUT2D eigenvalue weighted by Gasteiger charge is -2.37. The number of aromatic nitrogens is 2. The molecular formula is C15H23ClN4O2. The Bertz CT molecular complexity index is 525. The molecule has 122 valence electrons. The summed E-state index contributed by atoms with van der Waals surface area (Å²) in [7, 11) is 1.99. The minimum absolute atomic E-state index is 0.237. The summed E-state index contributed by atoms with van der Waals surface area (Å²) in [5.41, 5.74) is -0.456. The van der Waals surface area contributed by atoms with Crippen LogP contribution in [-0.4, -0.2) is 52.7 Å². The van der Waals surface area contributed by atoms with E-state index in [1.54, 1.807) is 11.1 Å². The van der Waals surface area contributed by atoms with Crippen molar-refractivity contribution in [3.8, 4) is 0 Å². The molecule has 2 rings (SSSR count). The van der Waals surface area contributed by atoms with Crippen LogP contribution in [0.4, 0.5) is 10.6 Å². The zero-order chi connectivity index (χ0) is 16.3. The van der Waals surface area contributed by atoms with E-state index in [2.05, 4.69) is 14.9 Å². The Morgan fingerprint density at radius 3 is 2.59 bits per heavy atom. The predicted molar refractivity (Wildman–Crippen MR) is 86.3 cm³/mol. The van der Waals surface area contributed by atoms with Gasteiger partial charge in [0.1, 0.15) is 11.4 Å². The van der Waals surface area contributed by atoms with E-state index >= 15 is 0 Å². The summed E-state index contributed by atoms with van der Waals surface area (Å²) >= 11 is 5.84. The SMILES string of the molecule is CN(c1ccnc(Cl)n1)C1CCN(C(=O)OC(C)(C)C)CC1. The highest BCUT2D eigenvalue weighted by atomic mass is 35.5. The highest BCUT2D eigenvalue weighted by molar-refractivity contribution is 6.28. The lowest BCUT2D eigenvalue weighted by atomic mass is 10.0. The van der Waals surface area contributed by atoms with E-state index in [4.69, 9.17) is 16.3 Å². The second-order valence-corrected chi connectivity index (χ2v) is 6.83. The number of carbonyl (C=O) groups excluding carboxylic acids is 1. The molecule has 0 aliphatic carbocycles. The van der Waals surface area contributed by atoms with Gasteiger partial charge >= 0.3 is 6.09 Å². The van der Waals surface area contributed by atoms with Gasteiger partial charge in [0, 0.05) is 32.4 Å². The van der Waals surface area contributed by atoms with Crippen molar-refractivity contribution in [3.05, 3.63) is 17.5 Å². The molecule has 1 aromatic rings. The molecule has 6 nitrogen and oxygen atoms in total. The first-order chi connectivity index (χ1) is 10.3. The molecule has 1 amide bonds. The van der Waals surface area contributed by atoms with Gasteiger partial charge in [-0.05, 0) is 51.3 Å². The number of rotatable bonds is 2. The smallest absolute Gasteiger partial charge is 0.410 e. The Morgan fingerprint density at radius 2 is 2.05 bits per heavy atom. The van der Waals surface area contributed by atoms with Crippen molar-refractivity contribution in [3.63, 3.8) is 0 Å². The molecule has 2 heterocycles. The molecule has 0 unspecified atom stereocenters. The number of anilines is 1. The standard InChI is InChI=1S/C15H23ClN4O2/c1-15(2,3)22-14(21)20-9-6-11(7-10-20)19(4)12-5-8-17-13(16)18-12/h5,8,11H,6-7,9-10H2,1-4H3. The van der Waals surface area contributed by atoms with E-state index < -0.39 is 5.60 Å². The lowest BCUT2D eigenvalue weighted by molar-refractivity contribution is 0.0205. The summed E-state index contributed by atoms with van der Waals surface area (Å²) in [6.07, 6.45) is 3.16. The molecule has 1 aliphatic heterocycles. The zero-order valence-electron chi connectivity index (χ0n) is 13.5. The van der Waals surface area contributed by atoms with E-state index in [9.17, 15) is 4.79 Å². The van der Waals surface area contributed by atoms with Crippen molar-refractivity contribution in [2.45, 2.75) is 45.3 Å². The number of amides is 1. The number of hydrogen-bond donors (Lipinski definition) is 0. The van der Waals surface area contributed by atoms with Gasteiger partial charge in [-0.25, -0.2) is 14.8 Å². The van der Waals surface area contributed by atoms with Gasteiger partial charge in [0.15, 0.2) is 0 Å². The molecule has 0 N–H and O–H groups in total. The highest BCUT2D eigenvalue weighted by Crippen LogP contribution is 2.22. The number of halogens is 1. The van der Waals surface area contributed by atoms with Crippen molar-refractivity contribution in [1.29, 1.82) is 0 Å². The second kappa shape index (κ2) is 6.69. The van der Waals surface area contributed by atoms with E-state index in [1.807, 2.05) is 33.9 Å². The second-order valence-electron chi connectivity index (χ2n) is 6.49. The van der Waals surface area contributed by atoms with Gasteiger partial charge in [-0.15, -0.1) is 0 Å². The van der Waals surface area contributed by atoms with Crippen molar-refractivity contribution < 1.29 is 9.53 Å². The van der Waals surface area contributed by atoms with Crippen LogP contribution in [-0.2, 0) is 4.74 Å². The molecule has 1 fully saturated rings. The van der Waals surface area contributed by atoms with Crippen LogP contribution >= 0.6 is 11.6 Å². The van der Waals surface area contributed by atoms with Gasteiger partial charge in [-0.1, -0.05) is 0 Å². The van der Waals surface area contributed by atoms with E-state index in [-0.39, 0.29) is 11.4 Å². The average molecular weight is 327 g/mol. The Kier molecular flexibility index (Phi) is 5.11. The van der Waals surface area contributed by atoms with Gasteiger partial charge < -0.3 is 14.5 Å². The summed E-state index contributed by atoms with van der Waals surface area (Å²) in [6, 6.07) is 2.16. The monoisotopic (exact) mass is 326 g/mol. The van der Waals surface area contributed by atoms with Crippen LogP contribution in [0.3, 0.4) is 0 Å². The van der Waals surface area contributed by atoms with Crippen molar-refractivity contribution >= 4 is 23.5 Å². The first-order valence-corrected chi connectivity index (χ1v) is 7.83. The van der Waals surface area contributed by atoms with Gasteiger partial charge in [0.05, 0.1) is 0 Å². The minimum Gasteiger partial charge on any atom is -0.444 e. The summed E-state index contributed by atoms with van der Waals surface area (Å²) in [4.78, 5) is 24.0. The van der Waals surface area contributed by atoms with Gasteiger partial charge in [-0.3, -0.25) is 0 Å². The number of piperidine rings is 1. The average Bonchev–Trinajstić information content (AvgIpc) is 2.45. The Balaban J connectivity index is 1.90. The van der Waals surface area contributed by atoms with Crippen LogP contribution < -0.4 is 4.90 Å². The minimum atomic E-state index is -0.456. The third-order valence-corrected chi connectivity index (χ3v) is 3.82. The van der Waals surface area contributed by atoms with E-state index in [1.165, 1.54) is 0 Å². The molecule has 0 atom stereocenters. The number of nitrogens with zero attached hydrogens (tertiary/aromatic N) is 4. The molecule has 0 bridgehead atoms. The molecule has 22 heavy (non-hydrogen) atoms. The molecule has 0 spiro atoms. The van der Waals surface area contributed by atoms with Crippen LogP contribution in [0.2, 0.25) is 5.28 Å². The van der Waals surface area contributed by atoms with Gasteiger partial charge in [0.25, 0.3) is 0 Å². The summed E-state index contributed by atoms with van der Waals surface area (Å²) in [5, 5.41) is 0.246. The molecule has 0 saturated carbocycles. The molecule has 7 heteroatoms. The quantitative estimate of drug-likeness (QED) is 0.782. The normalized spacial score (nSPS) is 16.5. The lowest BCUT2D eigenvalue weighted by Crippen LogP contribution is -2.47. The molecule has 1 saturated heterocycles. The van der Waals surface area contributed by atoms with E-state index in [0.29, 0.717) is 19.1 Å². The largest absolute Gasteiger partial charge is 0.444 e. The van der Waals surface area contributed by atoms with Crippen molar-refractivity contribution in [2.24, 2.45) is 0 Å². The summed E-state index contributed by atoms with van der Waals surface area (Å²) < 4.78 is 5.41. The Labute approximate surface area is 136 Å². The number of likely N-dealkylation sites (tertiary alicyclic amines) is 1. The Hall–Kier alpha value is -1.56. The molecule has 0 aromatic carbocycles. The summed E-state index contributed by atoms with van der Waals surface area (Å²) in [6.45, 7) is 7.00. The maximum atomic E-state index is 12.1. The number of ether oxygens (including phenoxy) is 1. The molecule has 1 aromatic heterocycles.